The summed E-state index contributed by atoms with van der Waals surface area (Å²) in [5, 5.41) is 13.5. The number of aromatic amines is 1. The number of hydrogen-bond donors (Lipinski definition) is 4. The molecule has 0 aliphatic rings. The topological polar surface area (TPSA) is 107 Å². The van der Waals surface area contributed by atoms with Gasteiger partial charge in [-0.2, -0.15) is 0 Å². The molecule has 0 saturated carbocycles. The van der Waals surface area contributed by atoms with Gasteiger partial charge in [0.2, 0.25) is 0 Å². The van der Waals surface area contributed by atoms with Crippen LogP contribution in [0.5, 0.6) is 0 Å². The van der Waals surface area contributed by atoms with E-state index in [1.54, 1.807) is 6.20 Å². The molecule has 0 spiro atoms. The number of amides is 2. The second-order valence-electron chi connectivity index (χ2n) is 3.88. The molecule has 0 unspecified atom stereocenters. The molecule has 0 bridgehead atoms. The molecule has 0 radical (unpaired) electrons. The van der Waals surface area contributed by atoms with E-state index >= 15 is 0 Å². The molecule has 2 rings (SSSR count). The lowest BCUT2D eigenvalue weighted by atomic mass is 10.2. The summed E-state index contributed by atoms with van der Waals surface area (Å²) in [5.41, 5.74) is 0.407. The van der Waals surface area contributed by atoms with Crippen molar-refractivity contribution in [2.45, 2.75) is 6.54 Å². The Morgan fingerprint density at radius 1 is 1.40 bits per heavy atom. The molecule has 1 aromatic carbocycles. The first kappa shape index (κ1) is 13.5. The van der Waals surface area contributed by atoms with Crippen LogP contribution in [-0.4, -0.2) is 27.1 Å². The first-order valence-electron chi connectivity index (χ1n) is 5.61. The van der Waals surface area contributed by atoms with Gasteiger partial charge in [-0.1, -0.05) is 0 Å². The summed E-state index contributed by atoms with van der Waals surface area (Å²) in [7, 11) is 0. The highest BCUT2D eigenvalue weighted by molar-refractivity contribution is 5.91. The van der Waals surface area contributed by atoms with E-state index in [-0.39, 0.29) is 17.8 Å². The first-order chi connectivity index (χ1) is 9.56. The lowest BCUT2D eigenvalue weighted by Gasteiger charge is -2.08. The van der Waals surface area contributed by atoms with Crippen LogP contribution in [-0.2, 0) is 6.54 Å². The highest BCUT2D eigenvalue weighted by Gasteiger charge is 2.10. The van der Waals surface area contributed by atoms with E-state index in [2.05, 4.69) is 20.6 Å². The fourth-order valence-corrected chi connectivity index (χ4v) is 1.47. The smallest absolute Gasteiger partial charge is 0.335 e. The van der Waals surface area contributed by atoms with E-state index in [1.165, 1.54) is 18.5 Å². The number of carbonyl (C=O) groups excluding carboxylic acids is 1. The number of imidazole rings is 1. The lowest BCUT2D eigenvalue weighted by molar-refractivity contribution is 0.0696. The second kappa shape index (κ2) is 5.83. The molecule has 0 aliphatic heterocycles. The minimum absolute atomic E-state index is 0.0999. The number of carboxylic acid groups (broad SMARTS) is 1. The average Bonchev–Trinajstić information content (AvgIpc) is 2.91. The highest BCUT2D eigenvalue weighted by atomic mass is 19.1. The monoisotopic (exact) mass is 278 g/mol. The fraction of sp³-hybridized carbons (Fsp3) is 0.0833. The van der Waals surface area contributed by atoms with Crippen molar-refractivity contribution >= 4 is 17.7 Å². The zero-order valence-electron chi connectivity index (χ0n) is 10.2. The minimum Gasteiger partial charge on any atom is -0.478 e. The van der Waals surface area contributed by atoms with Gasteiger partial charge in [0.05, 0.1) is 29.8 Å². The predicted molar refractivity (Wildman–Crippen MR) is 67.8 cm³/mol. The zero-order chi connectivity index (χ0) is 14.5. The molecule has 104 valence electrons. The van der Waals surface area contributed by atoms with Gasteiger partial charge in [-0.15, -0.1) is 0 Å². The molecule has 8 heteroatoms. The van der Waals surface area contributed by atoms with Crippen molar-refractivity contribution in [3.05, 3.63) is 47.8 Å². The van der Waals surface area contributed by atoms with Crippen molar-refractivity contribution in [1.29, 1.82) is 0 Å². The molecule has 20 heavy (non-hydrogen) atoms. The largest absolute Gasteiger partial charge is 0.478 e. The molecule has 2 aromatic rings. The SMILES string of the molecule is O=C(NCc1cnc[nH]1)Nc1ccc(C(=O)O)cc1F. The molecule has 1 aromatic heterocycles. The number of H-pyrrole nitrogens is 1. The van der Waals surface area contributed by atoms with Crippen LogP contribution in [0.2, 0.25) is 0 Å². The first-order valence-corrected chi connectivity index (χ1v) is 5.61. The standard InChI is InChI=1S/C12H11FN4O3/c13-9-3-7(11(18)19)1-2-10(9)17-12(20)15-5-8-4-14-6-16-8/h1-4,6H,5H2,(H,14,16)(H,18,19)(H2,15,17,20). The van der Waals surface area contributed by atoms with E-state index < -0.39 is 17.8 Å². The van der Waals surface area contributed by atoms with Crippen molar-refractivity contribution in [2.24, 2.45) is 0 Å². The normalized spacial score (nSPS) is 10.1. The summed E-state index contributed by atoms with van der Waals surface area (Å²) >= 11 is 0. The van der Waals surface area contributed by atoms with Crippen molar-refractivity contribution in [3.63, 3.8) is 0 Å². The maximum Gasteiger partial charge on any atom is 0.335 e. The van der Waals surface area contributed by atoms with Gasteiger partial charge in [-0.25, -0.2) is 19.0 Å². The maximum absolute atomic E-state index is 13.6. The Kier molecular flexibility index (Phi) is 3.94. The third-order valence-corrected chi connectivity index (χ3v) is 2.46. The average molecular weight is 278 g/mol. The number of nitrogens with one attached hydrogen (secondary N) is 3. The maximum atomic E-state index is 13.6. The lowest BCUT2D eigenvalue weighted by Crippen LogP contribution is -2.28. The van der Waals surface area contributed by atoms with Crippen LogP contribution in [0.15, 0.2) is 30.7 Å². The fourth-order valence-electron chi connectivity index (χ4n) is 1.47. The van der Waals surface area contributed by atoms with E-state index in [0.717, 1.165) is 6.07 Å². The van der Waals surface area contributed by atoms with E-state index in [0.29, 0.717) is 5.69 Å². The van der Waals surface area contributed by atoms with Gasteiger partial charge < -0.3 is 20.7 Å². The van der Waals surface area contributed by atoms with Gasteiger partial charge in [0.1, 0.15) is 5.82 Å². The Hall–Kier alpha value is -2.90. The zero-order valence-corrected chi connectivity index (χ0v) is 10.2. The van der Waals surface area contributed by atoms with Crippen molar-refractivity contribution in [2.75, 3.05) is 5.32 Å². The molecule has 2 amide bonds. The Labute approximate surface area is 112 Å². The van der Waals surface area contributed by atoms with Crippen molar-refractivity contribution in [3.8, 4) is 0 Å². The molecule has 0 saturated heterocycles. The van der Waals surface area contributed by atoms with E-state index in [1.807, 2.05) is 0 Å². The Morgan fingerprint density at radius 3 is 2.80 bits per heavy atom. The quantitative estimate of drug-likeness (QED) is 0.680. The van der Waals surface area contributed by atoms with Crippen LogP contribution in [0.25, 0.3) is 0 Å². The Morgan fingerprint density at radius 2 is 2.20 bits per heavy atom. The van der Waals surface area contributed by atoms with Gasteiger partial charge in [-0.3, -0.25) is 0 Å². The summed E-state index contributed by atoms with van der Waals surface area (Å²) < 4.78 is 13.6. The number of halogens is 1. The summed E-state index contributed by atoms with van der Waals surface area (Å²) in [6.07, 6.45) is 3.02. The molecule has 1 heterocycles. The second-order valence-corrected chi connectivity index (χ2v) is 3.88. The third kappa shape index (κ3) is 3.31. The van der Waals surface area contributed by atoms with Crippen LogP contribution in [0.1, 0.15) is 16.1 Å². The number of anilines is 1. The van der Waals surface area contributed by atoms with E-state index in [9.17, 15) is 14.0 Å². The molecule has 7 nitrogen and oxygen atoms in total. The summed E-state index contributed by atoms with van der Waals surface area (Å²) in [6, 6.07) is 2.62. The van der Waals surface area contributed by atoms with Crippen molar-refractivity contribution in [1.82, 2.24) is 15.3 Å². The highest BCUT2D eigenvalue weighted by Crippen LogP contribution is 2.15. The van der Waals surface area contributed by atoms with Crippen LogP contribution in [0, 0.1) is 5.82 Å². The molecule has 0 atom stereocenters. The predicted octanol–water partition coefficient (Wildman–Crippen LogP) is 1.57. The van der Waals surface area contributed by atoms with Crippen LogP contribution in [0.4, 0.5) is 14.9 Å². The number of rotatable bonds is 4. The Bertz CT molecular complexity index is 628. The van der Waals surface area contributed by atoms with E-state index in [4.69, 9.17) is 5.11 Å². The van der Waals surface area contributed by atoms with Crippen molar-refractivity contribution < 1.29 is 19.1 Å². The van der Waals surface area contributed by atoms with Gasteiger partial charge in [-0.05, 0) is 18.2 Å². The summed E-state index contributed by atoms with van der Waals surface area (Å²) in [6.45, 7) is 0.209. The molecule has 0 aliphatic carbocycles. The number of aromatic carboxylic acids is 1. The molecule has 0 fully saturated rings. The number of hydrogen-bond acceptors (Lipinski definition) is 3. The number of carboxylic acids is 1. The third-order valence-electron chi connectivity index (χ3n) is 2.46. The summed E-state index contributed by atoms with van der Waals surface area (Å²) in [4.78, 5) is 28.8. The van der Waals surface area contributed by atoms with Crippen LogP contribution < -0.4 is 10.6 Å². The molecular formula is C12H11FN4O3. The Balaban J connectivity index is 1.95. The minimum atomic E-state index is -1.24. The number of urea groups is 1. The summed E-state index contributed by atoms with van der Waals surface area (Å²) in [5.74, 6) is -2.05. The van der Waals surface area contributed by atoms with Gasteiger partial charge >= 0.3 is 12.0 Å². The molecule has 4 N–H and O–H groups in total. The number of aromatic nitrogens is 2. The molecular weight excluding hydrogens is 267 g/mol. The number of benzene rings is 1. The van der Waals surface area contributed by atoms with Gasteiger partial charge in [0.25, 0.3) is 0 Å². The number of nitrogens with zero attached hydrogens (tertiary/aromatic N) is 1. The number of carbonyl (C=O) groups is 2. The van der Waals surface area contributed by atoms with Crippen LogP contribution >= 0.6 is 0 Å². The van der Waals surface area contributed by atoms with Gasteiger partial charge in [0.15, 0.2) is 0 Å². The van der Waals surface area contributed by atoms with Gasteiger partial charge in [0, 0.05) is 6.20 Å². The van der Waals surface area contributed by atoms with Crippen LogP contribution in [0.3, 0.4) is 0 Å².